The maximum atomic E-state index is 3.54. The average Bonchev–Trinajstić information content (AvgIpc) is 2.47. The summed E-state index contributed by atoms with van der Waals surface area (Å²) in [6.45, 7) is 4.23. The molecule has 1 fully saturated rings. The molecule has 3 rings (SSSR count). The van der Waals surface area contributed by atoms with Gasteiger partial charge in [0, 0.05) is 46.5 Å². The molecule has 0 spiro atoms. The first-order valence-corrected chi connectivity index (χ1v) is 8.32. The number of benzene rings is 2. The van der Waals surface area contributed by atoms with Gasteiger partial charge in [0.1, 0.15) is 0 Å². The van der Waals surface area contributed by atoms with E-state index >= 15 is 0 Å². The first-order chi connectivity index (χ1) is 9.72. The lowest BCUT2D eigenvalue weighted by molar-refractivity contribution is 0.653. The van der Waals surface area contributed by atoms with Gasteiger partial charge in [0.15, 0.2) is 0 Å². The molecule has 2 aromatic carbocycles. The minimum absolute atomic E-state index is 1.06. The van der Waals surface area contributed by atoms with E-state index in [0.717, 1.165) is 35.1 Å². The van der Waals surface area contributed by atoms with Crippen molar-refractivity contribution in [2.75, 3.05) is 36.0 Å². The van der Waals surface area contributed by atoms with Crippen LogP contribution < -0.4 is 9.80 Å². The summed E-state index contributed by atoms with van der Waals surface area (Å²) in [5.74, 6) is 0. The van der Waals surface area contributed by atoms with Crippen molar-refractivity contribution >= 4 is 43.2 Å². The first kappa shape index (κ1) is 14.0. The Bertz CT molecular complexity index is 539. The fourth-order valence-corrected chi connectivity index (χ4v) is 3.34. The number of rotatable bonds is 2. The van der Waals surface area contributed by atoms with Crippen LogP contribution in [-0.4, -0.2) is 26.2 Å². The van der Waals surface area contributed by atoms with Crippen LogP contribution >= 0.6 is 31.9 Å². The van der Waals surface area contributed by atoms with Crippen LogP contribution in [0.3, 0.4) is 0 Å². The van der Waals surface area contributed by atoms with Crippen LogP contribution in [-0.2, 0) is 0 Å². The molecule has 0 radical (unpaired) electrons. The van der Waals surface area contributed by atoms with Crippen LogP contribution in [0.2, 0.25) is 0 Å². The number of nitrogens with zero attached hydrogens (tertiary/aromatic N) is 2. The minimum Gasteiger partial charge on any atom is -0.368 e. The second-order valence-corrected chi connectivity index (χ2v) is 6.77. The van der Waals surface area contributed by atoms with Crippen LogP contribution in [0, 0.1) is 0 Å². The maximum Gasteiger partial charge on any atom is 0.0378 e. The van der Waals surface area contributed by atoms with Crippen LogP contribution in [0.4, 0.5) is 11.4 Å². The Morgan fingerprint density at radius 3 is 1.40 bits per heavy atom. The molecule has 0 amide bonds. The van der Waals surface area contributed by atoms with E-state index in [9.17, 15) is 0 Å². The van der Waals surface area contributed by atoms with Crippen molar-refractivity contribution in [1.82, 2.24) is 0 Å². The molecular weight excluding hydrogens is 380 g/mol. The van der Waals surface area contributed by atoms with Crippen LogP contribution in [0.15, 0.2) is 57.5 Å². The quantitative estimate of drug-likeness (QED) is 0.736. The third-order valence-electron chi connectivity index (χ3n) is 3.63. The smallest absolute Gasteiger partial charge is 0.0378 e. The zero-order valence-corrected chi connectivity index (χ0v) is 14.3. The number of halogens is 2. The zero-order chi connectivity index (χ0) is 13.9. The van der Waals surface area contributed by atoms with Gasteiger partial charge in [0.2, 0.25) is 0 Å². The molecule has 0 N–H and O–H groups in total. The molecule has 0 aromatic heterocycles. The molecule has 2 aromatic rings. The summed E-state index contributed by atoms with van der Waals surface area (Å²) in [4.78, 5) is 4.89. The van der Waals surface area contributed by atoms with Crippen LogP contribution in [0.5, 0.6) is 0 Å². The lowest BCUT2D eigenvalue weighted by Gasteiger charge is -2.37. The van der Waals surface area contributed by atoms with E-state index in [1.807, 2.05) is 0 Å². The summed E-state index contributed by atoms with van der Waals surface area (Å²) >= 11 is 7.09. The Hall–Kier alpha value is -1.00. The average molecular weight is 396 g/mol. The van der Waals surface area contributed by atoms with Gasteiger partial charge in [-0.1, -0.05) is 44.0 Å². The SMILES string of the molecule is Brc1cccc(N2CCN(c3cccc(Br)c3)CC2)c1. The summed E-state index contributed by atoms with van der Waals surface area (Å²) in [6, 6.07) is 17.1. The summed E-state index contributed by atoms with van der Waals surface area (Å²) in [5.41, 5.74) is 2.60. The molecular formula is C16H16Br2N2. The van der Waals surface area contributed by atoms with E-state index in [-0.39, 0.29) is 0 Å². The lowest BCUT2D eigenvalue weighted by Crippen LogP contribution is -2.46. The molecule has 0 atom stereocenters. The van der Waals surface area contributed by atoms with Crippen molar-refractivity contribution in [1.29, 1.82) is 0 Å². The molecule has 4 heteroatoms. The van der Waals surface area contributed by atoms with Gasteiger partial charge in [0.25, 0.3) is 0 Å². The highest BCUT2D eigenvalue weighted by Gasteiger charge is 2.17. The fourth-order valence-electron chi connectivity index (χ4n) is 2.57. The van der Waals surface area contributed by atoms with Crippen molar-refractivity contribution in [3.05, 3.63) is 57.5 Å². The second-order valence-electron chi connectivity index (χ2n) is 4.93. The van der Waals surface area contributed by atoms with Gasteiger partial charge in [-0.05, 0) is 36.4 Å². The Balaban J connectivity index is 1.68. The van der Waals surface area contributed by atoms with E-state index < -0.39 is 0 Å². The Morgan fingerprint density at radius 1 is 0.650 bits per heavy atom. The molecule has 1 saturated heterocycles. The van der Waals surface area contributed by atoms with Gasteiger partial charge in [0.05, 0.1) is 0 Å². The molecule has 0 unspecified atom stereocenters. The lowest BCUT2D eigenvalue weighted by atomic mass is 10.2. The molecule has 0 aliphatic carbocycles. The zero-order valence-electron chi connectivity index (χ0n) is 11.1. The maximum absolute atomic E-state index is 3.54. The third kappa shape index (κ3) is 3.18. The van der Waals surface area contributed by atoms with Crippen molar-refractivity contribution in [3.63, 3.8) is 0 Å². The van der Waals surface area contributed by atoms with Crippen molar-refractivity contribution < 1.29 is 0 Å². The van der Waals surface area contributed by atoms with Gasteiger partial charge in [-0.25, -0.2) is 0 Å². The Labute approximate surface area is 136 Å². The molecule has 0 saturated carbocycles. The second kappa shape index (κ2) is 6.19. The van der Waals surface area contributed by atoms with Gasteiger partial charge < -0.3 is 9.80 Å². The molecule has 104 valence electrons. The number of anilines is 2. The Kier molecular flexibility index (Phi) is 4.32. The number of hydrogen-bond donors (Lipinski definition) is 0. The summed E-state index contributed by atoms with van der Waals surface area (Å²) in [5, 5.41) is 0. The monoisotopic (exact) mass is 394 g/mol. The number of piperazine rings is 1. The fraction of sp³-hybridized carbons (Fsp3) is 0.250. The van der Waals surface area contributed by atoms with E-state index in [0.29, 0.717) is 0 Å². The predicted octanol–water partition coefficient (Wildman–Crippen LogP) is 4.54. The Morgan fingerprint density at radius 2 is 1.05 bits per heavy atom. The van der Waals surface area contributed by atoms with Crippen molar-refractivity contribution in [2.45, 2.75) is 0 Å². The van der Waals surface area contributed by atoms with E-state index in [4.69, 9.17) is 0 Å². The van der Waals surface area contributed by atoms with Crippen molar-refractivity contribution in [3.8, 4) is 0 Å². The largest absolute Gasteiger partial charge is 0.368 e. The molecule has 20 heavy (non-hydrogen) atoms. The normalized spacial score (nSPS) is 15.5. The summed E-state index contributed by atoms with van der Waals surface area (Å²) in [7, 11) is 0. The van der Waals surface area contributed by atoms with Crippen LogP contribution in [0.1, 0.15) is 0 Å². The summed E-state index contributed by atoms with van der Waals surface area (Å²) < 4.78 is 2.29. The van der Waals surface area contributed by atoms with E-state index in [1.54, 1.807) is 0 Å². The topological polar surface area (TPSA) is 6.48 Å². The standard InChI is InChI=1S/C16H16Br2N2/c17-13-3-1-5-15(11-13)19-7-9-20(10-8-19)16-6-2-4-14(18)12-16/h1-6,11-12H,7-10H2. The highest BCUT2D eigenvalue weighted by Crippen LogP contribution is 2.24. The molecule has 1 heterocycles. The van der Waals surface area contributed by atoms with Gasteiger partial charge in [-0.2, -0.15) is 0 Å². The molecule has 1 aliphatic rings. The van der Waals surface area contributed by atoms with Gasteiger partial charge in [-0.15, -0.1) is 0 Å². The molecule has 0 bridgehead atoms. The minimum atomic E-state index is 1.06. The number of hydrogen-bond acceptors (Lipinski definition) is 2. The van der Waals surface area contributed by atoms with E-state index in [2.05, 4.69) is 90.2 Å². The first-order valence-electron chi connectivity index (χ1n) is 6.73. The molecule has 1 aliphatic heterocycles. The predicted molar refractivity (Wildman–Crippen MR) is 92.7 cm³/mol. The molecule has 2 nitrogen and oxygen atoms in total. The summed E-state index contributed by atoms with van der Waals surface area (Å²) in [6.07, 6.45) is 0. The van der Waals surface area contributed by atoms with Crippen molar-refractivity contribution in [2.24, 2.45) is 0 Å². The third-order valence-corrected chi connectivity index (χ3v) is 4.61. The van der Waals surface area contributed by atoms with E-state index in [1.165, 1.54) is 11.4 Å². The van der Waals surface area contributed by atoms with Gasteiger partial charge >= 0.3 is 0 Å². The highest BCUT2D eigenvalue weighted by atomic mass is 79.9. The van der Waals surface area contributed by atoms with Crippen LogP contribution in [0.25, 0.3) is 0 Å². The highest BCUT2D eigenvalue weighted by molar-refractivity contribution is 9.10. The van der Waals surface area contributed by atoms with Gasteiger partial charge in [-0.3, -0.25) is 0 Å².